The molecule has 0 bridgehead atoms. The lowest BCUT2D eigenvalue weighted by Gasteiger charge is -2.23. The molecule has 84 valence electrons. The minimum Gasteiger partial charge on any atom is -0.444 e. The Morgan fingerprint density at radius 1 is 1.50 bits per heavy atom. The molecule has 0 spiro atoms. The number of hydrogen-bond acceptors (Lipinski definition) is 4. The van der Waals surface area contributed by atoms with Gasteiger partial charge < -0.3 is 20.3 Å². The molecule has 5 nitrogen and oxygen atoms in total. The number of rotatable bonds is 3. The van der Waals surface area contributed by atoms with E-state index in [1.54, 1.807) is 20.8 Å². The van der Waals surface area contributed by atoms with Gasteiger partial charge in [-0.2, -0.15) is 0 Å². The third-order valence-electron chi connectivity index (χ3n) is 1.48. The first-order valence-electron chi connectivity index (χ1n) is 4.54. The van der Waals surface area contributed by atoms with Crippen LogP contribution in [-0.2, 0) is 4.74 Å². The first kappa shape index (κ1) is 13.2. The first-order chi connectivity index (χ1) is 6.26. The van der Waals surface area contributed by atoms with Crippen LogP contribution in [0.15, 0.2) is 0 Å². The summed E-state index contributed by atoms with van der Waals surface area (Å²) in [6.45, 7) is 6.38. The fraction of sp³-hybridized carbons (Fsp3) is 0.889. The maximum Gasteiger partial charge on any atom is 0.408 e. The Hall–Kier alpha value is -0.810. The van der Waals surface area contributed by atoms with Crippen LogP contribution >= 0.6 is 0 Å². The molecule has 0 aliphatic carbocycles. The summed E-state index contributed by atoms with van der Waals surface area (Å²) in [5, 5.41) is 20.3. The minimum absolute atomic E-state index is 0.323. The van der Waals surface area contributed by atoms with Gasteiger partial charge in [0.1, 0.15) is 5.60 Å². The van der Waals surface area contributed by atoms with Crippen LogP contribution in [0.3, 0.4) is 0 Å². The van der Waals surface area contributed by atoms with Crippen LogP contribution in [0, 0.1) is 0 Å². The van der Waals surface area contributed by atoms with E-state index in [4.69, 9.17) is 14.9 Å². The monoisotopic (exact) mass is 205 g/mol. The molecule has 0 aliphatic heterocycles. The minimum atomic E-state index is -0.812. The quantitative estimate of drug-likeness (QED) is 0.617. The van der Waals surface area contributed by atoms with Crippen LogP contribution in [0.5, 0.6) is 0 Å². The molecule has 0 saturated heterocycles. The smallest absolute Gasteiger partial charge is 0.408 e. The number of ether oxygens (including phenoxy) is 1. The van der Waals surface area contributed by atoms with Crippen molar-refractivity contribution in [1.29, 1.82) is 0 Å². The molecular formula is C9H19NO4. The Balaban J connectivity index is 4.04. The second kappa shape index (κ2) is 5.17. The van der Waals surface area contributed by atoms with Gasteiger partial charge in [-0.3, -0.25) is 0 Å². The Kier molecular flexibility index (Phi) is 4.87. The van der Waals surface area contributed by atoms with E-state index in [0.29, 0.717) is 0 Å². The standard InChI is InChI=1S/C9H19NO4/c1-6(12)7(5-11)10-8(13)14-9(2,3)4/h6-7,11-12H,5H2,1-4H3,(H,10,13)/t6-,7-/m0/s1. The highest BCUT2D eigenvalue weighted by Crippen LogP contribution is 2.07. The molecule has 5 heteroatoms. The molecule has 0 heterocycles. The Morgan fingerprint density at radius 3 is 2.29 bits per heavy atom. The summed E-state index contributed by atoms with van der Waals surface area (Å²) >= 11 is 0. The largest absolute Gasteiger partial charge is 0.444 e. The van der Waals surface area contributed by atoms with E-state index in [1.165, 1.54) is 6.92 Å². The molecule has 0 rings (SSSR count). The van der Waals surface area contributed by atoms with Crippen molar-refractivity contribution in [2.75, 3.05) is 6.61 Å². The molecule has 0 aromatic heterocycles. The summed E-state index contributed by atoms with van der Waals surface area (Å²) in [5.74, 6) is 0. The number of hydrogen-bond donors (Lipinski definition) is 3. The average Bonchev–Trinajstić information content (AvgIpc) is 1.96. The first-order valence-corrected chi connectivity index (χ1v) is 4.54. The number of carbonyl (C=O) groups excluding carboxylic acids is 1. The number of aliphatic hydroxyl groups excluding tert-OH is 2. The lowest BCUT2D eigenvalue weighted by atomic mass is 10.2. The maximum atomic E-state index is 11.2. The predicted molar refractivity (Wildman–Crippen MR) is 51.9 cm³/mol. The number of alkyl carbamates (subject to hydrolysis) is 1. The lowest BCUT2D eigenvalue weighted by molar-refractivity contribution is 0.0377. The maximum absolute atomic E-state index is 11.2. The molecule has 0 aromatic rings. The van der Waals surface area contributed by atoms with Crippen LogP contribution in [0.4, 0.5) is 4.79 Å². The van der Waals surface area contributed by atoms with E-state index in [0.717, 1.165) is 0 Å². The molecule has 0 radical (unpaired) electrons. The van der Waals surface area contributed by atoms with Crippen molar-refractivity contribution >= 4 is 6.09 Å². The van der Waals surface area contributed by atoms with Gasteiger partial charge in [0.05, 0.1) is 18.8 Å². The molecular weight excluding hydrogens is 186 g/mol. The van der Waals surface area contributed by atoms with Crippen LogP contribution < -0.4 is 5.32 Å². The van der Waals surface area contributed by atoms with Crippen LogP contribution in [0.2, 0.25) is 0 Å². The van der Waals surface area contributed by atoms with E-state index in [-0.39, 0.29) is 6.61 Å². The average molecular weight is 205 g/mol. The highest BCUT2D eigenvalue weighted by molar-refractivity contribution is 5.68. The van der Waals surface area contributed by atoms with Crippen molar-refractivity contribution in [3.63, 3.8) is 0 Å². The van der Waals surface area contributed by atoms with Gasteiger partial charge in [-0.15, -0.1) is 0 Å². The van der Waals surface area contributed by atoms with Gasteiger partial charge in [-0.25, -0.2) is 4.79 Å². The van der Waals surface area contributed by atoms with Crippen LogP contribution in [0.1, 0.15) is 27.7 Å². The van der Waals surface area contributed by atoms with Gasteiger partial charge in [0, 0.05) is 0 Å². The highest BCUT2D eigenvalue weighted by atomic mass is 16.6. The fourth-order valence-electron chi connectivity index (χ4n) is 0.778. The van der Waals surface area contributed by atoms with Crippen molar-refractivity contribution in [3.05, 3.63) is 0 Å². The van der Waals surface area contributed by atoms with Gasteiger partial charge in [0.2, 0.25) is 0 Å². The van der Waals surface area contributed by atoms with Gasteiger partial charge in [-0.1, -0.05) is 0 Å². The van der Waals surface area contributed by atoms with E-state index in [1.807, 2.05) is 0 Å². The van der Waals surface area contributed by atoms with E-state index in [9.17, 15) is 4.79 Å². The van der Waals surface area contributed by atoms with Crippen molar-refractivity contribution in [3.8, 4) is 0 Å². The summed E-state index contributed by atoms with van der Waals surface area (Å²) in [6, 6.07) is -0.690. The Labute approximate surface area is 84.1 Å². The van der Waals surface area contributed by atoms with Gasteiger partial charge >= 0.3 is 6.09 Å². The second-order valence-corrected chi connectivity index (χ2v) is 4.18. The Morgan fingerprint density at radius 2 is 2.00 bits per heavy atom. The summed E-state index contributed by atoms with van der Waals surface area (Å²) in [7, 11) is 0. The molecule has 1 amide bonds. The zero-order valence-corrected chi connectivity index (χ0v) is 9.07. The number of nitrogens with one attached hydrogen (secondary N) is 1. The zero-order valence-electron chi connectivity index (χ0n) is 9.07. The summed E-state index contributed by atoms with van der Waals surface area (Å²) in [5.41, 5.74) is -0.581. The SMILES string of the molecule is C[C@H](O)[C@H](CO)NC(=O)OC(C)(C)C. The molecule has 14 heavy (non-hydrogen) atoms. The zero-order chi connectivity index (χ0) is 11.4. The van der Waals surface area contributed by atoms with Crippen LogP contribution in [0.25, 0.3) is 0 Å². The van der Waals surface area contributed by atoms with Gasteiger partial charge in [0.15, 0.2) is 0 Å². The van der Waals surface area contributed by atoms with Crippen LogP contribution in [-0.4, -0.2) is 40.7 Å². The highest BCUT2D eigenvalue weighted by Gasteiger charge is 2.21. The third kappa shape index (κ3) is 5.77. The molecule has 2 atom stereocenters. The molecule has 0 saturated carbocycles. The topological polar surface area (TPSA) is 78.8 Å². The number of aliphatic hydroxyl groups is 2. The van der Waals surface area contributed by atoms with E-state index < -0.39 is 23.8 Å². The third-order valence-corrected chi connectivity index (χ3v) is 1.48. The van der Waals surface area contributed by atoms with Crippen molar-refractivity contribution in [1.82, 2.24) is 5.32 Å². The van der Waals surface area contributed by atoms with Gasteiger partial charge in [0.25, 0.3) is 0 Å². The predicted octanol–water partition coefficient (Wildman–Crippen LogP) is 0.253. The van der Waals surface area contributed by atoms with E-state index >= 15 is 0 Å². The second-order valence-electron chi connectivity index (χ2n) is 4.18. The molecule has 0 unspecified atom stereocenters. The Bertz CT molecular complexity index is 186. The summed E-state index contributed by atoms with van der Waals surface area (Å²) in [4.78, 5) is 11.2. The molecule has 0 aromatic carbocycles. The van der Waals surface area contributed by atoms with Crippen molar-refractivity contribution in [2.45, 2.75) is 45.4 Å². The number of carbonyl (C=O) groups is 1. The summed E-state index contributed by atoms with van der Waals surface area (Å²) < 4.78 is 4.95. The van der Waals surface area contributed by atoms with Gasteiger partial charge in [-0.05, 0) is 27.7 Å². The molecule has 0 fully saturated rings. The lowest BCUT2D eigenvalue weighted by Crippen LogP contribution is -2.46. The fourth-order valence-corrected chi connectivity index (χ4v) is 0.778. The molecule has 3 N–H and O–H groups in total. The molecule has 0 aliphatic rings. The number of amides is 1. The normalized spacial score (nSPS) is 15.9. The van der Waals surface area contributed by atoms with Crippen molar-refractivity contribution < 1.29 is 19.7 Å². The van der Waals surface area contributed by atoms with Crippen molar-refractivity contribution in [2.24, 2.45) is 0 Å². The summed E-state index contributed by atoms with van der Waals surface area (Å²) in [6.07, 6.45) is -1.45. The van der Waals surface area contributed by atoms with E-state index in [2.05, 4.69) is 5.32 Å².